The molecule has 0 spiro atoms. The predicted molar refractivity (Wildman–Crippen MR) is 98.4 cm³/mol. The van der Waals surface area contributed by atoms with Gasteiger partial charge in [-0.25, -0.2) is 13.2 Å². The first-order valence-electron chi connectivity index (χ1n) is 7.29. The number of benzene rings is 2. The average molecular weight is 419 g/mol. The number of rotatable bonds is 6. The summed E-state index contributed by atoms with van der Waals surface area (Å²) in [4.78, 5) is 11.3. The second kappa shape index (κ2) is 7.34. The topological polar surface area (TPSA) is 89.9 Å². The lowest BCUT2D eigenvalue weighted by Crippen LogP contribution is -2.37. The van der Waals surface area contributed by atoms with Crippen molar-refractivity contribution in [2.24, 2.45) is 0 Å². The van der Waals surface area contributed by atoms with Crippen LogP contribution in [0.5, 0.6) is 17.2 Å². The second-order valence-electron chi connectivity index (χ2n) is 5.98. The van der Waals surface area contributed by atoms with E-state index in [-0.39, 0.29) is 27.2 Å². The molecule has 2 aromatic carbocycles. The number of hydrogen-bond acceptors (Lipinski definition) is 5. The molecule has 6 nitrogen and oxygen atoms in total. The maximum atomic E-state index is 11.6. The number of carboxylic acid groups (broad SMARTS) is 1. The van der Waals surface area contributed by atoms with Gasteiger partial charge in [-0.3, -0.25) is 0 Å². The van der Waals surface area contributed by atoms with Crippen molar-refractivity contribution in [3.8, 4) is 17.2 Å². The highest BCUT2D eigenvalue weighted by molar-refractivity contribution is 7.90. The molecule has 0 heterocycles. The molecular weight excluding hydrogens is 403 g/mol. The molecule has 0 aliphatic rings. The Bertz CT molecular complexity index is 954. The maximum absolute atomic E-state index is 11.6. The highest BCUT2D eigenvalue weighted by atomic mass is 35.5. The van der Waals surface area contributed by atoms with E-state index in [2.05, 4.69) is 0 Å². The molecule has 2 rings (SSSR count). The lowest BCUT2D eigenvalue weighted by molar-refractivity contribution is -0.152. The molecule has 0 saturated heterocycles. The zero-order valence-corrected chi connectivity index (χ0v) is 16.4. The molecule has 1 N–H and O–H groups in total. The molecule has 0 radical (unpaired) electrons. The zero-order valence-electron chi connectivity index (χ0n) is 14.1. The molecule has 2 aromatic rings. The van der Waals surface area contributed by atoms with Crippen molar-refractivity contribution in [1.29, 1.82) is 0 Å². The van der Waals surface area contributed by atoms with Crippen LogP contribution >= 0.6 is 23.2 Å². The van der Waals surface area contributed by atoms with Crippen LogP contribution in [0.25, 0.3) is 0 Å². The van der Waals surface area contributed by atoms with Crippen molar-refractivity contribution in [3.05, 3.63) is 46.4 Å². The van der Waals surface area contributed by atoms with E-state index in [4.69, 9.17) is 32.7 Å². The van der Waals surface area contributed by atoms with Crippen molar-refractivity contribution in [2.45, 2.75) is 24.3 Å². The van der Waals surface area contributed by atoms with Crippen molar-refractivity contribution in [1.82, 2.24) is 0 Å². The predicted octanol–water partition coefficient (Wildman–Crippen LogP) is 4.43. The third-order valence-corrected chi connectivity index (χ3v) is 4.98. The monoisotopic (exact) mass is 418 g/mol. The Kier molecular flexibility index (Phi) is 5.75. The van der Waals surface area contributed by atoms with E-state index in [1.165, 1.54) is 50.2 Å². The Labute approximate surface area is 161 Å². The first-order chi connectivity index (χ1) is 11.9. The third kappa shape index (κ3) is 4.81. The van der Waals surface area contributed by atoms with Gasteiger partial charge in [0.1, 0.15) is 5.75 Å². The van der Waals surface area contributed by atoms with Gasteiger partial charge in [-0.1, -0.05) is 23.2 Å². The summed E-state index contributed by atoms with van der Waals surface area (Å²) >= 11 is 12.1. The van der Waals surface area contributed by atoms with Gasteiger partial charge in [0.2, 0.25) is 0 Å². The summed E-state index contributed by atoms with van der Waals surface area (Å²) in [5.41, 5.74) is -1.50. The van der Waals surface area contributed by atoms with Crippen molar-refractivity contribution in [2.75, 3.05) is 6.26 Å². The third-order valence-electron chi connectivity index (χ3n) is 3.34. The minimum atomic E-state index is -3.41. The number of hydrogen-bond donors (Lipinski definition) is 1. The van der Waals surface area contributed by atoms with Crippen LogP contribution in [0.3, 0.4) is 0 Å². The second-order valence-corrected chi connectivity index (χ2v) is 8.83. The zero-order chi connectivity index (χ0) is 19.7. The van der Waals surface area contributed by atoms with Crippen LogP contribution in [0.2, 0.25) is 10.0 Å². The van der Waals surface area contributed by atoms with E-state index in [1.807, 2.05) is 0 Å². The fourth-order valence-corrected chi connectivity index (χ4v) is 2.97. The van der Waals surface area contributed by atoms with E-state index in [1.54, 1.807) is 0 Å². The first-order valence-corrected chi connectivity index (χ1v) is 9.94. The smallest absolute Gasteiger partial charge is 0.347 e. The Morgan fingerprint density at radius 1 is 1.04 bits per heavy atom. The Morgan fingerprint density at radius 2 is 1.65 bits per heavy atom. The van der Waals surface area contributed by atoms with E-state index in [0.717, 1.165) is 6.26 Å². The van der Waals surface area contributed by atoms with Crippen LogP contribution in [0.4, 0.5) is 0 Å². The van der Waals surface area contributed by atoms with Crippen molar-refractivity contribution >= 4 is 39.0 Å². The van der Waals surface area contributed by atoms with Gasteiger partial charge in [0.05, 0.1) is 9.92 Å². The number of ether oxygens (including phenoxy) is 2. The molecule has 9 heteroatoms. The average Bonchev–Trinajstić information content (AvgIpc) is 2.50. The number of aliphatic carboxylic acids is 1. The summed E-state index contributed by atoms with van der Waals surface area (Å²) in [5.74, 6) is -0.709. The Morgan fingerprint density at radius 3 is 2.19 bits per heavy atom. The molecular formula is C17H16Cl2O6S. The van der Waals surface area contributed by atoms with E-state index >= 15 is 0 Å². The van der Waals surface area contributed by atoms with Crippen LogP contribution in [0, 0.1) is 0 Å². The lowest BCUT2D eigenvalue weighted by Gasteiger charge is -2.23. The quantitative estimate of drug-likeness (QED) is 0.745. The molecule has 0 aliphatic heterocycles. The first kappa shape index (κ1) is 20.4. The largest absolute Gasteiger partial charge is 0.478 e. The minimum absolute atomic E-state index is 0.0458. The molecule has 0 saturated carbocycles. The SMILES string of the molecule is CC(C)(Oc1ccc(Cl)cc1Oc1ccc(S(C)(=O)=O)cc1Cl)C(=O)O. The van der Waals surface area contributed by atoms with Crippen LogP contribution in [-0.2, 0) is 14.6 Å². The van der Waals surface area contributed by atoms with Crippen molar-refractivity contribution in [3.63, 3.8) is 0 Å². The maximum Gasteiger partial charge on any atom is 0.347 e. The standard InChI is InChI=1S/C17H16Cl2O6S/c1-17(2,16(20)21)25-14-6-4-10(18)8-15(14)24-13-7-5-11(9-12(13)19)26(3,22)23/h4-9H,1-3H3,(H,20,21). The summed E-state index contributed by atoms with van der Waals surface area (Å²) in [5, 5.41) is 9.62. The molecule has 0 bridgehead atoms. The van der Waals surface area contributed by atoms with Gasteiger partial charge >= 0.3 is 5.97 Å². The molecule has 26 heavy (non-hydrogen) atoms. The van der Waals surface area contributed by atoms with Crippen LogP contribution in [0.15, 0.2) is 41.3 Å². The highest BCUT2D eigenvalue weighted by Gasteiger charge is 2.30. The van der Waals surface area contributed by atoms with Gasteiger partial charge < -0.3 is 14.6 Å². The van der Waals surface area contributed by atoms with Gasteiger partial charge in [-0.15, -0.1) is 0 Å². The summed E-state index contributed by atoms with van der Waals surface area (Å²) in [6.07, 6.45) is 1.07. The van der Waals surface area contributed by atoms with Crippen LogP contribution < -0.4 is 9.47 Å². The van der Waals surface area contributed by atoms with Gasteiger partial charge in [-0.2, -0.15) is 0 Å². The number of carbonyl (C=O) groups is 1. The molecule has 0 fully saturated rings. The highest BCUT2D eigenvalue weighted by Crippen LogP contribution is 2.39. The Balaban J connectivity index is 2.41. The molecule has 0 unspecified atom stereocenters. The van der Waals surface area contributed by atoms with Crippen LogP contribution in [-0.4, -0.2) is 31.4 Å². The van der Waals surface area contributed by atoms with E-state index in [9.17, 15) is 18.3 Å². The minimum Gasteiger partial charge on any atom is -0.478 e. The van der Waals surface area contributed by atoms with Crippen molar-refractivity contribution < 1.29 is 27.8 Å². The Hall–Kier alpha value is -1.96. The van der Waals surface area contributed by atoms with Gasteiger partial charge in [0.25, 0.3) is 0 Å². The molecule has 0 atom stereocenters. The van der Waals surface area contributed by atoms with E-state index in [0.29, 0.717) is 5.02 Å². The van der Waals surface area contributed by atoms with Gasteiger partial charge in [0.15, 0.2) is 26.9 Å². The molecule has 0 aromatic heterocycles. The summed E-state index contributed by atoms with van der Waals surface area (Å²) in [6, 6.07) is 8.44. The van der Waals surface area contributed by atoms with E-state index < -0.39 is 21.4 Å². The molecule has 0 amide bonds. The lowest BCUT2D eigenvalue weighted by atomic mass is 10.1. The summed E-state index contributed by atoms with van der Waals surface area (Å²) in [6.45, 7) is 2.78. The number of carboxylic acids is 1. The summed E-state index contributed by atoms with van der Waals surface area (Å²) < 4.78 is 34.4. The van der Waals surface area contributed by atoms with Crippen LogP contribution in [0.1, 0.15) is 13.8 Å². The number of halogens is 2. The number of sulfone groups is 1. The van der Waals surface area contributed by atoms with Gasteiger partial charge in [0, 0.05) is 17.3 Å². The van der Waals surface area contributed by atoms with Gasteiger partial charge in [-0.05, 0) is 44.2 Å². The normalized spacial score (nSPS) is 11.9. The fourth-order valence-electron chi connectivity index (χ4n) is 1.88. The fraction of sp³-hybridized carbons (Fsp3) is 0.235. The molecule has 140 valence electrons. The summed E-state index contributed by atoms with van der Waals surface area (Å²) in [7, 11) is -3.41. The molecule has 0 aliphatic carbocycles.